The third-order valence-corrected chi connectivity index (χ3v) is 3.98. The second-order valence-electron chi connectivity index (χ2n) is 6.47. The first-order valence-corrected chi connectivity index (χ1v) is 7.40. The largest absolute Gasteiger partial charge is 0.389 e. The molecule has 1 aliphatic rings. The molecule has 1 fully saturated rings. The zero-order valence-corrected chi connectivity index (χ0v) is 12.9. The van der Waals surface area contributed by atoms with Crippen molar-refractivity contribution in [2.24, 2.45) is 0 Å². The molecule has 1 unspecified atom stereocenters. The van der Waals surface area contributed by atoms with Crippen LogP contribution in [0.2, 0.25) is 0 Å². The molecule has 1 atom stereocenters. The van der Waals surface area contributed by atoms with Gasteiger partial charge in [0.25, 0.3) is 0 Å². The third kappa shape index (κ3) is 4.46. The molecule has 1 heterocycles. The number of rotatable bonds is 4. The van der Waals surface area contributed by atoms with Crippen molar-refractivity contribution in [2.45, 2.75) is 32.4 Å². The highest BCUT2D eigenvalue weighted by Gasteiger charge is 2.26. The van der Waals surface area contributed by atoms with E-state index in [9.17, 15) is 13.9 Å². The van der Waals surface area contributed by atoms with Gasteiger partial charge in [-0.15, -0.1) is 0 Å². The first-order valence-electron chi connectivity index (χ1n) is 7.40. The molecule has 0 bridgehead atoms. The average Bonchev–Trinajstić information content (AvgIpc) is 2.37. The highest BCUT2D eigenvalue weighted by molar-refractivity contribution is 5.21. The van der Waals surface area contributed by atoms with Gasteiger partial charge < -0.3 is 5.11 Å². The summed E-state index contributed by atoms with van der Waals surface area (Å²) in [5, 5.41) is 9.84. The van der Waals surface area contributed by atoms with Crippen LogP contribution >= 0.6 is 0 Å². The fourth-order valence-corrected chi connectivity index (χ4v) is 2.89. The number of β-amino-alcohol motifs (C(OH)–C–C–N with tert-alkyl or cyclic N) is 1. The van der Waals surface area contributed by atoms with Crippen molar-refractivity contribution >= 4 is 0 Å². The number of hydrogen-bond donors (Lipinski definition) is 1. The molecular weight excluding hydrogens is 274 g/mol. The number of aliphatic hydroxyl groups is 1. The maximum atomic E-state index is 13.8. The lowest BCUT2D eigenvalue weighted by Crippen LogP contribution is -2.50. The Morgan fingerprint density at radius 1 is 1.19 bits per heavy atom. The summed E-state index contributed by atoms with van der Waals surface area (Å²) < 4.78 is 26.8. The molecule has 0 radical (unpaired) electrons. The van der Waals surface area contributed by atoms with Crippen LogP contribution in [0.5, 0.6) is 0 Å². The van der Waals surface area contributed by atoms with Crippen LogP contribution in [0.3, 0.4) is 0 Å². The van der Waals surface area contributed by atoms with Gasteiger partial charge in [0.1, 0.15) is 11.6 Å². The summed E-state index contributed by atoms with van der Waals surface area (Å²) in [5.74, 6) is -1.03. The van der Waals surface area contributed by atoms with E-state index in [4.69, 9.17) is 0 Å². The normalized spacial score (nSPS) is 19.7. The van der Waals surface area contributed by atoms with E-state index in [1.165, 1.54) is 12.1 Å². The fourth-order valence-electron chi connectivity index (χ4n) is 2.89. The van der Waals surface area contributed by atoms with E-state index in [1.54, 1.807) is 13.8 Å². The summed E-state index contributed by atoms with van der Waals surface area (Å²) in [4.78, 5) is 4.40. The van der Waals surface area contributed by atoms with Crippen LogP contribution in [0.15, 0.2) is 18.2 Å². The number of piperazine rings is 1. The Labute approximate surface area is 125 Å². The van der Waals surface area contributed by atoms with Gasteiger partial charge in [0.15, 0.2) is 0 Å². The molecule has 0 amide bonds. The van der Waals surface area contributed by atoms with Crippen LogP contribution in [0.1, 0.15) is 32.4 Å². The van der Waals surface area contributed by atoms with Gasteiger partial charge in [-0.05, 0) is 26.8 Å². The van der Waals surface area contributed by atoms with E-state index in [0.29, 0.717) is 12.1 Å². The van der Waals surface area contributed by atoms with Crippen LogP contribution < -0.4 is 0 Å². The molecule has 1 aromatic rings. The molecule has 118 valence electrons. The second kappa shape index (κ2) is 6.38. The average molecular weight is 298 g/mol. The quantitative estimate of drug-likeness (QED) is 0.925. The molecule has 21 heavy (non-hydrogen) atoms. The molecule has 1 aliphatic heterocycles. The minimum Gasteiger partial charge on any atom is -0.389 e. The maximum absolute atomic E-state index is 13.8. The zero-order chi connectivity index (χ0) is 15.6. The monoisotopic (exact) mass is 298 g/mol. The van der Waals surface area contributed by atoms with Crippen LogP contribution in [0.4, 0.5) is 8.78 Å². The Morgan fingerprint density at radius 3 is 2.33 bits per heavy atom. The lowest BCUT2D eigenvalue weighted by molar-refractivity contribution is 0.0118. The molecule has 0 aromatic heterocycles. The van der Waals surface area contributed by atoms with Crippen LogP contribution in [-0.2, 0) is 0 Å². The van der Waals surface area contributed by atoms with E-state index < -0.39 is 17.2 Å². The summed E-state index contributed by atoms with van der Waals surface area (Å²) in [5.41, 5.74) is -0.163. The molecule has 3 nitrogen and oxygen atoms in total. The highest BCUT2D eigenvalue weighted by atomic mass is 19.1. The summed E-state index contributed by atoms with van der Waals surface area (Å²) in [6.07, 6.45) is 0. The summed E-state index contributed by atoms with van der Waals surface area (Å²) in [6, 6.07) is 3.70. The van der Waals surface area contributed by atoms with Gasteiger partial charge in [-0.25, -0.2) is 8.78 Å². The number of halogens is 2. The molecule has 0 saturated carbocycles. The van der Waals surface area contributed by atoms with E-state index >= 15 is 0 Å². The van der Waals surface area contributed by atoms with E-state index in [1.807, 2.05) is 6.92 Å². The van der Waals surface area contributed by atoms with E-state index in [0.717, 1.165) is 32.2 Å². The Hall–Kier alpha value is -1.04. The maximum Gasteiger partial charge on any atom is 0.130 e. The van der Waals surface area contributed by atoms with E-state index in [2.05, 4.69) is 9.80 Å². The lowest BCUT2D eigenvalue weighted by atomic mass is 10.0. The van der Waals surface area contributed by atoms with Crippen molar-refractivity contribution in [1.29, 1.82) is 0 Å². The summed E-state index contributed by atoms with van der Waals surface area (Å²) in [6.45, 7) is 9.50. The minimum absolute atomic E-state index is 0.0742. The van der Waals surface area contributed by atoms with Crippen molar-refractivity contribution in [3.8, 4) is 0 Å². The van der Waals surface area contributed by atoms with Gasteiger partial charge in [0.05, 0.1) is 5.60 Å². The zero-order valence-electron chi connectivity index (χ0n) is 12.9. The number of nitrogens with zero attached hydrogens (tertiary/aromatic N) is 2. The Kier molecular flexibility index (Phi) is 4.96. The molecule has 1 N–H and O–H groups in total. The predicted octanol–water partition coefficient (Wildman–Crippen LogP) is 2.41. The topological polar surface area (TPSA) is 26.7 Å². The van der Waals surface area contributed by atoms with E-state index in [-0.39, 0.29) is 6.04 Å². The molecule has 2 rings (SSSR count). The third-order valence-electron chi connectivity index (χ3n) is 3.98. The van der Waals surface area contributed by atoms with Gasteiger partial charge in [0, 0.05) is 50.4 Å². The molecule has 1 aromatic carbocycles. The van der Waals surface area contributed by atoms with Crippen molar-refractivity contribution in [3.05, 3.63) is 35.4 Å². The van der Waals surface area contributed by atoms with Crippen molar-refractivity contribution in [3.63, 3.8) is 0 Å². The Morgan fingerprint density at radius 2 is 1.81 bits per heavy atom. The molecule has 0 aliphatic carbocycles. The van der Waals surface area contributed by atoms with Crippen LogP contribution in [0.25, 0.3) is 0 Å². The first-order chi connectivity index (χ1) is 9.76. The van der Waals surface area contributed by atoms with Crippen molar-refractivity contribution in [2.75, 3.05) is 32.7 Å². The van der Waals surface area contributed by atoms with Gasteiger partial charge in [-0.1, -0.05) is 6.07 Å². The van der Waals surface area contributed by atoms with Gasteiger partial charge >= 0.3 is 0 Å². The molecule has 1 saturated heterocycles. The van der Waals surface area contributed by atoms with Gasteiger partial charge in [0.2, 0.25) is 0 Å². The van der Waals surface area contributed by atoms with Crippen LogP contribution in [0, 0.1) is 11.6 Å². The van der Waals surface area contributed by atoms with Gasteiger partial charge in [-0.2, -0.15) is 0 Å². The Balaban J connectivity index is 1.95. The fraction of sp³-hybridized carbons (Fsp3) is 0.625. The molecular formula is C16H24F2N2O. The number of benzene rings is 1. The lowest BCUT2D eigenvalue weighted by Gasteiger charge is -2.40. The van der Waals surface area contributed by atoms with Crippen molar-refractivity contribution < 1.29 is 13.9 Å². The summed E-state index contributed by atoms with van der Waals surface area (Å²) in [7, 11) is 0. The molecule has 5 heteroatoms. The highest BCUT2D eigenvalue weighted by Crippen LogP contribution is 2.25. The SMILES string of the molecule is CC(c1ccc(F)cc1F)N1CCN(CC(C)(C)O)CC1. The summed E-state index contributed by atoms with van der Waals surface area (Å²) >= 11 is 0. The first kappa shape index (κ1) is 16.3. The molecule has 0 spiro atoms. The van der Waals surface area contributed by atoms with Gasteiger partial charge in [-0.3, -0.25) is 9.80 Å². The smallest absolute Gasteiger partial charge is 0.130 e. The van der Waals surface area contributed by atoms with Crippen molar-refractivity contribution in [1.82, 2.24) is 9.80 Å². The second-order valence-corrected chi connectivity index (χ2v) is 6.47. The van der Waals surface area contributed by atoms with Crippen LogP contribution in [-0.4, -0.2) is 53.2 Å². The number of hydrogen-bond acceptors (Lipinski definition) is 3. The minimum atomic E-state index is -0.698. The predicted molar refractivity (Wildman–Crippen MR) is 79.1 cm³/mol. The Bertz CT molecular complexity index is 480. The standard InChI is InChI=1S/C16H24F2N2O/c1-12(14-5-4-13(17)10-15(14)18)20-8-6-19(7-9-20)11-16(2,3)21/h4-5,10,12,21H,6-9,11H2,1-3H3.